The van der Waals surface area contributed by atoms with Crippen LogP contribution in [0.15, 0.2) is 18.2 Å². The van der Waals surface area contributed by atoms with Gasteiger partial charge in [-0.05, 0) is 30.4 Å². The van der Waals surface area contributed by atoms with Crippen molar-refractivity contribution in [2.45, 2.75) is 19.3 Å². The fourth-order valence-electron chi connectivity index (χ4n) is 1.70. The molecule has 1 heteroatoms. The van der Waals surface area contributed by atoms with Crippen molar-refractivity contribution in [2.24, 2.45) is 0 Å². The van der Waals surface area contributed by atoms with E-state index in [9.17, 15) is 0 Å². The highest BCUT2D eigenvalue weighted by Gasteiger charge is 2.08. The average molecular weight is 146 g/mol. The molecule has 0 unspecified atom stereocenters. The number of hydrogen-bond donors (Lipinski definition) is 0. The molecule has 1 aromatic carbocycles. The Kier molecular flexibility index (Phi) is 1.57. The molecule has 1 aromatic rings. The van der Waals surface area contributed by atoms with Gasteiger partial charge >= 0.3 is 0 Å². The molecule has 0 bridgehead atoms. The molecule has 0 N–H and O–H groups in total. The Balaban J connectivity index is 2.41. The van der Waals surface area contributed by atoms with Crippen LogP contribution < -0.4 is 0 Å². The lowest BCUT2D eigenvalue weighted by Crippen LogP contribution is -1.79. The minimum Gasteiger partial charge on any atom is -0.687 e. The summed E-state index contributed by atoms with van der Waals surface area (Å²) in [6.07, 6.45) is 3.83. The first kappa shape index (κ1) is 6.71. The maximum absolute atomic E-state index is 4.15. The zero-order valence-corrected chi connectivity index (χ0v) is 6.80. The molecule has 1 aliphatic rings. The molecule has 0 heterocycles. The molecular weight excluding hydrogens is 134 g/mol. The van der Waals surface area contributed by atoms with Crippen LogP contribution in [-0.2, 0) is 12.8 Å². The van der Waals surface area contributed by atoms with Crippen LogP contribution in [-0.4, -0.2) is 7.05 Å². The SMILES string of the molecule is C[N-]c1ccc2c(c1)CCC2. The molecule has 58 valence electrons. The van der Waals surface area contributed by atoms with E-state index in [-0.39, 0.29) is 0 Å². The Bertz CT molecular complexity index is 266. The van der Waals surface area contributed by atoms with Gasteiger partial charge in [0, 0.05) is 0 Å². The summed E-state index contributed by atoms with van der Waals surface area (Å²) >= 11 is 0. The van der Waals surface area contributed by atoms with E-state index in [1.807, 2.05) is 7.05 Å². The topological polar surface area (TPSA) is 14.1 Å². The van der Waals surface area contributed by atoms with Crippen LogP contribution in [0.2, 0.25) is 0 Å². The lowest BCUT2D eigenvalue weighted by Gasteiger charge is -2.14. The summed E-state index contributed by atoms with van der Waals surface area (Å²) in [7, 11) is 1.84. The molecule has 0 aromatic heterocycles. The molecule has 0 atom stereocenters. The lowest BCUT2D eigenvalue weighted by molar-refractivity contribution is 0.912. The smallest absolute Gasteiger partial charge is 0.0273 e. The highest BCUT2D eigenvalue weighted by Crippen LogP contribution is 2.27. The summed E-state index contributed by atoms with van der Waals surface area (Å²) in [5.74, 6) is 0. The van der Waals surface area contributed by atoms with Gasteiger partial charge in [-0.2, -0.15) is 0 Å². The highest BCUT2D eigenvalue weighted by molar-refractivity contribution is 5.52. The summed E-state index contributed by atoms with van der Waals surface area (Å²) in [5.41, 5.74) is 4.15. The van der Waals surface area contributed by atoms with Crippen molar-refractivity contribution in [3.05, 3.63) is 34.6 Å². The zero-order valence-electron chi connectivity index (χ0n) is 6.80. The van der Waals surface area contributed by atoms with Gasteiger partial charge in [0.25, 0.3) is 0 Å². The third kappa shape index (κ3) is 1.11. The minimum atomic E-state index is 1.12. The lowest BCUT2D eigenvalue weighted by atomic mass is 10.1. The van der Waals surface area contributed by atoms with Crippen molar-refractivity contribution in [3.63, 3.8) is 0 Å². The van der Waals surface area contributed by atoms with Crippen molar-refractivity contribution in [3.8, 4) is 0 Å². The molecular formula is C10H12N-. The molecule has 1 aliphatic carbocycles. The van der Waals surface area contributed by atoms with Crippen LogP contribution in [0.3, 0.4) is 0 Å². The summed E-state index contributed by atoms with van der Waals surface area (Å²) in [4.78, 5) is 0. The van der Waals surface area contributed by atoms with E-state index in [1.165, 1.54) is 30.4 Å². The van der Waals surface area contributed by atoms with Gasteiger partial charge in [-0.25, -0.2) is 0 Å². The second-order valence-corrected chi connectivity index (χ2v) is 3.03. The number of rotatable bonds is 1. The van der Waals surface area contributed by atoms with Crippen LogP contribution in [0.1, 0.15) is 17.5 Å². The molecule has 11 heavy (non-hydrogen) atoms. The first-order valence-corrected chi connectivity index (χ1v) is 4.12. The number of aryl methyl sites for hydroxylation is 2. The Labute approximate surface area is 67.4 Å². The fraction of sp³-hybridized carbons (Fsp3) is 0.400. The van der Waals surface area contributed by atoms with Crippen LogP contribution in [0, 0.1) is 0 Å². The van der Waals surface area contributed by atoms with E-state index in [0.29, 0.717) is 0 Å². The number of nitrogens with zero attached hydrogens (tertiary/aromatic N) is 1. The Morgan fingerprint density at radius 2 is 2.00 bits per heavy atom. The van der Waals surface area contributed by atoms with Crippen LogP contribution >= 0.6 is 0 Å². The van der Waals surface area contributed by atoms with E-state index in [0.717, 1.165) is 5.69 Å². The third-order valence-electron chi connectivity index (χ3n) is 2.34. The zero-order chi connectivity index (χ0) is 7.68. The van der Waals surface area contributed by atoms with E-state index in [2.05, 4.69) is 23.5 Å². The third-order valence-corrected chi connectivity index (χ3v) is 2.34. The summed E-state index contributed by atoms with van der Waals surface area (Å²) in [5, 5.41) is 4.15. The molecule has 0 amide bonds. The first-order chi connectivity index (χ1) is 5.40. The molecule has 0 saturated heterocycles. The van der Waals surface area contributed by atoms with Crippen LogP contribution in [0.25, 0.3) is 5.32 Å². The van der Waals surface area contributed by atoms with Gasteiger partial charge in [0.2, 0.25) is 0 Å². The fourth-order valence-corrected chi connectivity index (χ4v) is 1.70. The maximum atomic E-state index is 4.15. The quantitative estimate of drug-likeness (QED) is 0.578. The van der Waals surface area contributed by atoms with Crippen molar-refractivity contribution in [1.29, 1.82) is 0 Å². The average Bonchev–Trinajstić information content (AvgIpc) is 2.50. The predicted molar refractivity (Wildman–Crippen MR) is 47.4 cm³/mol. The first-order valence-electron chi connectivity index (χ1n) is 4.12. The summed E-state index contributed by atoms with van der Waals surface area (Å²) in [6, 6.07) is 6.52. The van der Waals surface area contributed by atoms with Gasteiger partial charge in [-0.1, -0.05) is 18.2 Å². The van der Waals surface area contributed by atoms with Gasteiger partial charge < -0.3 is 5.32 Å². The normalized spacial score (nSPS) is 14.6. The van der Waals surface area contributed by atoms with Gasteiger partial charge in [0.15, 0.2) is 0 Å². The predicted octanol–water partition coefficient (Wildman–Crippen LogP) is 2.81. The van der Waals surface area contributed by atoms with E-state index in [4.69, 9.17) is 0 Å². The van der Waals surface area contributed by atoms with E-state index < -0.39 is 0 Å². The summed E-state index contributed by atoms with van der Waals surface area (Å²) < 4.78 is 0. The molecule has 0 saturated carbocycles. The van der Waals surface area contributed by atoms with Crippen molar-refractivity contribution >= 4 is 5.69 Å². The molecule has 0 fully saturated rings. The maximum Gasteiger partial charge on any atom is -0.0273 e. The number of hydrogen-bond acceptors (Lipinski definition) is 0. The standard InChI is InChI=1S/C10H12N/c1-11-10-6-5-8-3-2-4-9(8)7-10/h5-7H,2-4H2,1H3/q-1. The van der Waals surface area contributed by atoms with Crippen molar-refractivity contribution < 1.29 is 0 Å². The molecule has 1 nitrogen and oxygen atoms in total. The monoisotopic (exact) mass is 146 g/mol. The van der Waals surface area contributed by atoms with Crippen molar-refractivity contribution in [1.82, 2.24) is 0 Å². The minimum absolute atomic E-state index is 1.12. The van der Waals surface area contributed by atoms with Gasteiger partial charge in [0.05, 0.1) is 0 Å². The Morgan fingerprint density at radius 1 is 1.18 bits per heavy atom. The summed E-state index contributed by atoms with van der Waals surface area (Å²) in [6.45, 7) is 0. The highest BCUT2D eigenvalue weighted by atomic mass is 14.8. The second kappa shape index (κ2) is 2.57. The van der Waals surface area contributed by atoms with E-state index >= 15 is 0 Å². The van der Waals surface area contributed by atoms with Gasteiger partial charge in [-0.15, -0.1) is 12.7 Å². The molecule has 0 radical (unpaired) electrons. The van der Waals surface area contributed by atoms with Gasteiger partial charge in [0.1, 0.15) is 0 Å². The second-order valence-electron chi connectivity index (χ2n) is 3.03. The van der Waals surface area contributed by atoms with Crippen molar-refractivity contribution in [2.75, 3.05) is 7.05 Å². The molecule has 0 aliphatic heterocycles. The Hall–Kier alpha value is -0.980. The molecule has 2 rings (SSSR count). The Morgan fingerprint density at radius 3 is 2.82 bits per heavy atom. The van der Waals surface area contributed by atoms with Gasteiger partial charge in [-0.3, -0.25) is 0 Å². The van der Waals surface area contributed by atoms with Crippen LogP contribution in [0.4, 0.5) is 5.69 Å². The number of fused-ring (bicyclic) bond motifs is 1. The van der Waals surface area contributed by atoms with E-state index in [1.54, 1.807) is 0 Å². The van der Waals surface area contributed by atoms with Crippen LogP contribution in [0.5, 0.6) is 0 Å². The molecule has 0 spiro atoms. The largest absolute Gasteiger partial charge is 0.687 e. The number of benzene rings is 1.